The molecule has 0 saturated carbocycles. The number of hydrogen-bond acceptors (Lipinski definition) is 7. The molecule has 7 nitrogen and oxygen atoms in total. The number of hydrogen-bond donors (Lipinski definition) is 2. The summed E-state index contributed by atoms with van der Waals surface area (Å²) >= 11 is 0. The molecule has 0 aliphatic carbocycles. The first kappa shape index (κ1) is 18.7. The van der Waals surface area contributed by atoms with E-state index in [9.17, 15) is 0 Å². The normalized spacial score (nSPS) is 17.3. The summed E-state index contributed by atoms with van der Waals surface area (Å²) in [4.78, 5) is 14.2. The third-order valence-corrected chi connectivity index (χ3v) is 5.26. The molecule has 28 heavy (non-hydrogen) atoms. The molecule has 0 spiro atoms. The van der Waals surface area contributed by atoms with Crippen molar-refractivity contribution in [1.29, 1.82) is 0 Å². The fourth-order valence-corrected chi connectivity index (χ4v) is 3.72. The highest BCUT2D eigenvalue weighted by molar-refractivity contribution is 5.87. The topological polar surface area (TPSA) is 65.6 Å². The first-order chi connectivity index (χ1) is 13.8. The van der Waals surface area contributed by atoms with Gasteiger partial charge in [-0.25, -0.2) is 0 Å². The Bertz CT molecular complexity index is 819. The lowest BCUT2D eigenvalue weighted by molar-refractivity contribution is 0.0398. The lowest BCUT2D eigenvalue weighted by atomic mass is 10.00. The number of fused-ring (bicyclic) bond motifs is 1. The summed E-state index contributed by atoms with van der Waals surface area (Å²) in [5, 5.41) is 6.63. The van der Waals surface area contributed by atoms with Gasteiger partial charge in [0.2, 0.25) is 5.95 Å². The van der Waals surface area contributed by atoms with Crippen molar-refractivity contribution in [3.05, 3.63) is 42.5 Å². The average Bonchev–Trinajstić information content (AvgIpc) is 2.75. The van der Waals surface area contributed by atoms with Gasteiger partial charge in [-0.05, 0) is 24.1 Å². The lowest BCUT2D eigenvalue weighted by Crippen LogP contribution is -2.39. The van der Waals surface area contributed by atoms with E-state index in [4.69, 9.17) is 14.7 Å². The molecule has 2 aliphatic heterocycles. The summed E-state index contributed by atoms with van der Waals surface area (Å²) in [6.07, 6.45) is 0.893. The van der Waals surface area contributed by atoms with Gasteiger partial charge in [0.1, 0.15) is 11.6 Å². The highest BCUT2D eigenvalue weighted by Crippen LogP contribution is 2.40. The Morgan fingerprint density at radius 3 is 2.64 bits per heavy atom. The minimum absolute atomic E-state index is 0.645. The molecule has 1 aromatic heterocycles. The van der Waals surface area contributed by atoms with E-state index >= 15 is 0 Å². The van der Waals surface area contributed by atoms with Crippen LogP contribution in [-0.2, 0) is 4.74 Å². The fourth-order valence-electron chi connectivity index (χ4n) is 3.72. The molecule has 2 N–H and O–H groups in total. The second-order valence-electron chi connectivity index (χ2n) is 7.07. The number of benzene rings is 1. The monoisotopic (exact) mass is 380 g/mol. The first-order valence-electron chi connectivity index (χ1n) is 9.91. The van der Waals surface area contributed by atoms with Gasteiger partial charge in [0.15, 0.2) is 0 Å². The van der Waals surface area contributed by atoms with Crippen molar-refractivity contribution in [2.75, 3.05) is 68.5 Å². The Balaban J connectivity index is 1.58. The maximum atomic E-state index is 5.41. The Kier molecular flexibility index (Phi) is 5.73. The maximum absolute atomic E-state index is 5.41. The molecule has 0 radical (unpaired) electrons. The molecule has 148 valence electrons. The van der Waals surface area contributed by atoms with Crippen LogP contribution >= 0.6 is 0 Å². The molecule has 0 atom stereocenters. The maximum Gasteiger partial charge on any atom is 0.226 e. The Morgan fingerprint density at radius 1 is 1.11 bits per heavy atom. The molecule has 4 rings (SSSR count). The quantitative estimate of drug-likeness (QED) is 0.799. The van der Waals surface area contributed by atoms with Crippen molar-refractivity contribution in [3.63, 3.8) is 0 Å². The summed E-state index contributed by atoms with van der Waals surface area (Å²) in [7, 11) is 1.90. The third-order valence-electron chi connectivity index (χ3n) is 5.26. The summed E-state index contributed by atoms with van der Waals surface area (Å²) < 4.78 is 5.41. The highest BCUT2D eigenvalue weighted by Gasteiger charge is 2.26. The van der Waals surface area contributed by atoms with Gasteiger partial charge >= 0.3 is 0 Å². The minimum atomic E-state index is 0.645. The number of para-hydroxylation sites is 1. The summed E-state index contributed by atoms with van der Waals surface area (Å²) in [5.41, 5.74) is 3.22. The summed E-state index contributed by atoms with van der Waals surface area (Å²) in [6, 6.07) is 10.4. The molecule has 7 heteroatoms. The zero-order valence-corrected chi connectivity index (χ0v) is 16.4. The van der Waals surface area contributed by atoms with Gasteiger partial charge in [-0.1, -0.05) is 24.8 Å². The number of ether oxygens (including phenoxy) is 1. The van der Waals surface area contributed by atoms with E-state index in [1.54, 1.807) is 0 Å². The predicted molar refractivity (Wildman–Crippen MR) is 114 cm³/mol. The molecule has 2 aromatic rings. The van der Waals surface area contributed by atoms with Crippen LogP contribution in [0, 0.1) is 0 Å². The Morgan fingerprint density at radius 2 is 1.89 bits per heavy atom. The standard InChI is InChI=1S/C21H28N6O/c1-16-8-10-27(17-6-4-3-5-7-17)20-18(16)19(22-2)24-21(25-20)23-9-11-26-12-14-28-15-13-26/h3-7H,1,8-15H2,2H3,(H2,22,23,24,25). The van der Waals surface area contributed by atoms with Crippen molar-refractivity contribution in [3.8, 4) is 0 Å². The van der Waals surface area contributed by atoms with E-state index in [1.807, 2.05) is 13.1 Å². The summed E-state index contributed by atoms with van der Waals surface area (Å²) in [6.45, 7) is 10.5. The van der Waals surface area contributed by atoms with Gasteiger partial charge in [-0.15, -0.1) is 0 Å². The molecule has 0 amide bonds. The predicted octanol–water partition coefficient (Wildman–Crippen LogP) is 2.82. The van der Waals surface area contributed by atoms with E-state index in [0.717, 1.165) is 80.8 Å². The zero-order valence-electron chi connectivity index (χ0n) is 16.4. The van der Waals surface area contributed by atoms with E-state index in [1.165, 1.54) is 0 Å². The molecule has 0 bridgehead atoms. The van der Waals surface area contributed by atoms with Gasteiger partial charge in [0.25, 0.3) is 0 Å². The minimum Gasteiger partial charge on any atom is -0.379 e. The van der Waals surface area contributed by atoms with Crippen LogP contribution in [0.15, 0.2) is 36.9 Å². The van der Waals surface area contributed by atoms with Crippen molar-refractivity contribution in [2.24, 2.45) is 0 Å². The molecule has 3 heterocycles. The van der Waals surface area contributed by atoms with E-state index in [0.29, 0.717) is 5.95 Å². The van der Waals surface area contributed by atoms with Crippen LogP contribution in [0.5, 0.6) is 0 Å². The lowest BCUT2D eigenvalue weighted by Gasteiger charge is -2.32. The van der Waals surface area contributed by atoms with Crippen LogP contribution in [0.3, 0.4) is 0 Å². The van der Waals surface area contributed by atoms with E-state index < -0.39 is 0 Å². The Labute approximate surface area is 166 Å². The first-order valence-corrected chi connectivity index (χ1v) is 9.91. The molecule has 1 fully saturated rings. The average molecular weight is 380 g/mol. The second-order valence-corrected chi connectivity index (χ2v) is 7.07. The van der Waals surface area contributed by atoms with E-state index in [2.05, 4.69) is 51.3 Å². The van der Waals surface area contributed by atoms with Crippen LogP contribution in [0.25, 0.3) is 5.57 Å². The van der Waals surface area contributed by atoms with Crippen LogP contribution < -0.4 is 15.5 Å². The van der Waals surface area contributed by atoms with Crippen molar-refractivity contribution < 1.29 is 4.74 Å². The highest BCUT2D eigenvalue weighted by atomic mass is 16.5. The van der Waals surface area contributed by atoms with E-state index in [-0.39, 0.29) is 0 Å². The Hall–Kier alpha value is -2.64. The SMILES string of the molecule is C=C1CCN(c2ccccc2)c2nc(NCCN3CCOCC3)nc(NC)c21. The van der Waals surface area contributed by atoms with Crippen molar-refractivity contribution in [2.45, 2.75) is 6.42 Å². The molecule has 2 aliphatic rings. The van der Waals surface area contributed by atoms with Crippen molar-refractivity contribution >= 4 is 28.8 Å². The number of rotatable bonds is 6. The zero-order chi connectivity index (χ0) is 19.3. The largest absolute Gasteiger partial charge is 0.379 e. The number of aromatic nitrogens is 2. The van der Waals surface area contributed by atoms with Gasteiger partial charge in [0.05, 0.1) is 18.8 Å². The number of nitrogens with one attached hydrogen (secondary N) is 2. The van der Waals surface area contributed by atoms with Crippen molar-refractivity contribution in [1.82, 2.24) is 14.9 Å². The van der Waals surface area contributed by atoms with Gasteiger partial charge in [0, 0.05) is 45.5 Å². The fraction of sp³-hybridized carbons (Fsp3) is 0.429. The smallest absolute Gasteiger partial charge is 0.226 e. The van der Waals surface area contributed by atoms with Gasteiger partial charge in [-0.2, -0.15) is 9.97 Å². The van der Waals surface area contributed by atoms with Crippen LogP contribution in [0.4, 0.5) is 23.3 Å². The number of nitrogens with zero attached hydrogens (tertiary/aromatic N) is 4. The second kappa shape index (κ2) is 8.58. The van der Waals surface area contributed by atoms with Gasteiger partial charge in [-0.3, -0.25) is 4.90 Å². The summed E-state index contributed by atoms with van der Waals surface area (Å²) in [5.74, 6) is 2.38. The molecule has 1 aromatic carbocycles. The molecule has 1 saturated heterocycles. The third kappa shape index (κ3) is 3.95. The number of morpholine rings is 1. The van der Waals surface area contributed by atoms with Crippen LogP contribution in [0.1, 0.15) is 12.0 Å². The van der Waals surface area contributed by atoms with Gasteiger partial charge < -0.3 is 20.3 Å². The molecular weight excluding hydrogens is 352 g/mol. The number of anilines is 4. The molecule has 0 unspecified atom stereocenters. The van der Waals surface area contributed by atoms with Crippen LogP contribution in [-0.4, -0.2) is 67.9 Å². The molecular formula is C21H28N6O. The van der Waals surface area contributed by atoms with Crippen LogP contribution in [0.2, 0.25) is 0 Å².